The predicted octanol–water partition coefficient (Wildman–Crippen LogP) is 5.44. The highest BCUT2D eigenvalue weighted by Crippen LogP contribution is 2.37. The quantitative estimate of drug-likeness (QED) is 0.561. The van der Waals surface area contributed by atoms with Crippen LogP contribution in [0.4, 0.5) is 30.7 Å². The Kier molecular flexibility index (Phi) is 8.42. The van der Waals surface area contributed by atoms with E-state index >= 15 is 0 Å². The maximum absolute atomic E-state index is 12.9. The molecule has 4 rings (SSSR count). The number of hydrogen-bond acceptors (Lipinski definition) is 3. The molecule has 3 atom stereocenters. The minimum atomic E-state index is -4.91. The van der Waals surface area contributed by atoms with Crippen molar-refractivity contribution in [1.82, 2.24) is 4.90 Å². The molecule has 2 aliphatic heterocycles. The molecule has 4 nitrogen and oxygen atoms in total. The molecule has 192 valence electrons. The Morgan fingerprint density at radius 1 is 0.943 bits per heavy atom. The number of amides is 1. The number of carbonyl (C=O) groups excluding carboxylic acids is 1. The van der Waals surface area contributed by atoms with Gasteiger partial charge in [-0.1, -0.05) is 18.2 Å². The number of fused-ring (bicyclic) bond motifs is 1. The molecule has 2 fully saturated rings. The molecule has 3 unspecified atom stereocenters. The number of piperidine rings is 1. The average molecular weight is 507 g/mol. The predicted molar refractivity (Wildman–Crippen MR) is 111 cm³/mol. The molecule has 0 saturated carbocycles. The SMILES string of the molecule is Fc1ccccc1.O=C1C(CO)CCC2CC(OCc3cc(C(F)(F)F)cc(C(F)(F)F)c3)CN12. The molecule has 2 aromatic rings. The summed E-state index contributed by atoms with van der Waals surface area (Å²) in [6.07, 6.45) is -8.60. The second-order valence-electron chi connectivity index (χ2n) is 8.48. The van der Waals surface area contributed by atoms with Gasteiger partial charge in [0.15, 0.2) is 0 Å². The summed E-state index contributed by atoms with van der Waals surface area (Å²) in [5.41, 5.74) is -3.00. The van der Waals surface area contributed by atoms with Crippen LogP contribution in [0.1, 0.15) is 36.0 Å². The molecule has 35 heavy (non-hydrogen) atoms. The van der Waals surface area contributed by atoms with E-state index in [2.05, 4.69) is 0 Å². The van der Waals surface area contributed by atoms with Crippen LogP contribution in [-0.2, 0) is 28.5 Å². The third kappa shape index (κ3) is 7.17. The van der Waals surface area contributed by atoms with E-state index in [1.165, 1.54) is 12.1 Å². The molecule has 0 bridgehead atoms. The van der Waals surface area contributed by atoms with Crippen molar-refractivity contribution in [3.05, 3.63) is 71.0 Å². The first-order valence-corrected chi connectivity index (χ1v) is 10.9. The van der Waals surface area contributed by atoms with Crippen LogP contribution in [0.15, 0.2) is 48.5 Å². The largest absolute Gasteiger partial charge is 0.416 e. The van der Waals surface area contributed by atoms with Gasteiger partial charge in [-0.05, 0) is 55.2 Å². The summed E-state index contributed by atoms with van der Waals surface area (Å²) in [6, 6.07) is 9.22. The van der Waals surface area contributed by atoms with Gasteiger partial charge in [-0.15, -0.1) is 0 Å². The monoisotopic (exact) mass is 507 g/mol. The summed E-state index contributed by atoms with van der Waals surface area (Å²) in [5, 5.41) is 9.22. The van der Waals surface area contributed by atoms with Gasteiger partial charge in [-0.2, -0.15) is 26.3 Å². The summed E-state index contributed by atoms with van der Waals surface area (Å²) in [5.74, 6) is -0.835. The van der Waals surface area contributed by atoms with Crippen LogP contribution in [0.3, 0.4) is 0 Å². The topological polar surface area (TPSA) is 49.8 Å². The zero-order chi connectivity index (χ0) is 25.8. The molecule has 2 aliphatic rings. The molecule has 1 amide bonds. The van der Waals surface area contributed by atoms with Gasteiger partial charge >= 0.3 is 12.4 Å². The Bertz CT molecular complexity index is 963. The molecule has 0 aromatic heterocycles. The molecule has 0 radical (unpaired) electrons. The lowest BCUT2D eigenvalue weighted by Gasteiger charge is -2.33. The van der Waals surface area contributed by atoms with Crippen molar-refractivity contribution in [1.29, 1.82) is 0 Å². The van der Waals surface area contributed by atoms with E-state index in [4.69, 9.17) is 4.74 Å². The first kappa shape index (κ1) is 26.9. The summed E-state index contributed by atoms with van der Waals surface area (Å²) in [6.45, 7) is -0.459. The number of aliphatic hydroxyl groups excluding tert-OH is 1. The smallest absolute Gasteiger partial charge is 0.396 e. The average Bonchev–Trinajstić information content (AvgIpc) is 3.22. The van der Waals surface area contributed by atoms with Crippen molar-refractivity contribution in [3.8, 4) is 0 Å². The van der Waals surface area contributed by atoms with E-state index in [1.54, 1.807) is 23.1 Å². The van der Waals surface area contributed by atoms with Crippen molar-refractivity contribution in [2.45, 2.75) is 50.4 Å². The van der Waals surface area contributed by atoms with Crippen molar-refractivity contribution >= 4 is 5.91 Å². The molecular weight excluding hydrogens is 483 g/mol. The number of aliphatic hydroxyl groups is 1. The van der Waals surface area contributed by atoms with E-state index in [1.807, 2.05) is 0 Å². The fourth-order valence-corrected chi connectivity index (χ4v) is 4.19. The van der Waals surface area contributed by atoms with Crippen molar-refractivity contribution < 1.29 is 45.4 Å². The van der Waals surface area contributed by atoms with Gasteiger partial charge < -0.3 is 14.7 Å². The lowest BCUT2D eigenvalue weighted by molar-refractivity contribution is -0.144. The Balaban J connectivity index is 0.000000420. The van der Waals surface area contributed by atoms with Gasteiger partial charge in [0.1, 0.15) is 5.82 Å². The molecule has 2 aromatic carbocycles. The third-order valence-electron chi connectivity index (χ3n) is 5.94. The van der Waals surface area contributed by atoms with Gasteiger partial charge in [0, 0.05) is 12.6 Å². The summed E-state index contributed by atoms with van der Waals surface area (Å²) >= 11 is 0. The van der Waals surface area contributed by atoms with Gasteiger partial charge in [0.2, 0.25) is 5.91 Å². The van der Waals surface area contributed by atoms with Crippen LogP contribution in [0.25, 0.3) is 0 Å². The first-order chi connectivity index (χ1) is 16.4. The van der Waals surface area contributed by atoms with Crippen LogP contribution in [0.2, 0.25) is 0 Å². The van der Waals surface area contributed by atoms with Crippen LogP contribution in [-0.4, -0.2) is 41.2 Å². The number of rotatable bonds is 4. The van der Waals surface area contributed by atoms with E-state index in [0.29, 0.717) is 31.4 Å². The Hall–Kier alpha value is -2.66. The number of carbonyl (C=O) groups is 1. The fourth-order valence-electron chi connectivity index (χ4n) is 4.19. The van der Waals surface area contributed by atoms with E-state index < -0.39 is 42.1 Å². The van der Waals surface area contributed by atoms with Crippen molar-refractivity contribution in [2.24, 2.45) is 5.92 Å². The third-order valence-corrected chi connectivity index (χ3v) is 5.94. The Labute approximate surface area is 197 Å². The zero-order valence-electron chi connectivity index (χ0n) is 18.5. The van der Waals surface area contributed by atoms with Gasteiger partial charge in [-0.3, -0.25) is 4.79 Å². The molecule has 0 spiro atoms. The molecule has 11 heteroatoms. The highest BCUT2D eigenvalue weighted by Gasteiger charge is 2.42. The second kappa shape index (κ2) is 10.9. The second-order valence-corrected chi connectivity index (χ2v) is 8.48. The number of ether oxygens (including phenoxy) is 1. The standard InChI is InChI=1S/C18H19F6NO3.C6H5F/c19-17(20,21)12-3-10(4-13(5-12)18(22,23)24)9-28-15-6-14-2-1-11(8-26)16(27)25(14)7-15;7-6-4-2-1-3-5-6/h3-5,11,14-15,26H,1-2,6-9H2;1-5H. The molecule has 0 aliphatic carbocycles. The lowest BCUT2D eigenvalue weighted by Crippen LogP contribution is -2.45. The van der Waals surface area contributed by atoms with Crippen molar-refractivity contribution in [3.63, 3.8) is 0 Å². The minimum absolute atomic E-state index is 0.0763. The number of alkyl halides is 6. The van der Waals surface area contributed by atoms with Crippen LogP contribution < -0.4 is 0 Å². The molecule has 1 N–H and O–H groups in total. The van der Waals surface area contributed by atoms with Crippen LogP contribution >= 0.6 is 0 Å². The summed E-state index contributed by atoms with van der Waals surface area (Å²) in [7, 11) is 0. The Morgan fingerprint density at radius 2 is 1.54 bits per heavy atom. The normalized spacial score (nSPS) is 22.5. The van der Waals surface area contributed by atoms with Crippen LogP contribution in [0.5, 0.6) is 0 Å². The van der Waals surface area contributed by atoms with E-state index in [0.717, 1.165) is 0 Å². The summed E-state index contributed by atoms with van der Waals surface area (Å²) < 4.78 is 95.0. The minimum Gasteiger partial charge on any atom is -0.396 e. The maximum atomic E-state index is 12.9. The number of nitrogens with zero attached hydrogens (tertiary/aromatic N) is 1. The van der Waals surface area contributed by atoms with Crippen molar-refractivity contribution in [2.75, 3.05) is 13.2 Å². The number of benzene rings is 2. The fraction of sp³-hybridized carbons (Fsp3) is 0.458. The summed E-state index contributed by atoms with van der Waals surface area (Å²) in [4.78, 5) is 13.8. The van der Waals surface area contributed by atoms with Gasteiger partial charge in [0.25, 0.3) is 0 Å². The lowest BCUT2D eigenvalue weighted by atomic mass is 9.93. The molecule has 2 saturated heterocycles. The highest BCUT2D eigenvalue weighted by molar-refractivity contribution is 5.80. The van der Waals surface area contributed by atoms with Gasteiger partial charge in [-0.25, -0.2) is 4.39 Å². The number of halogens is 7. The van der Waals surface area contributed by atoms with Gasteiger partial charge in [0.05, 0.1) is 36.4 Å². The van der Waals surface area contributed by atoms with Crippen LogP contribution in [0, 0.1) is 11.7 Å². The maximum Gasteiger partial charge on any atom is 0.416 e. The van der Waals surface area contributed by atoms with E-state index in [9.17, 15) is 40.6 Å². The van der Waals surface area contributed by atoms with E-state index in [-0.39, 0.29) is 42.5 Å². The highest BCUT2D eigenvalue weighted by atomic mass is 19.4. The number of hydrogen-bond donors (Lipinski definition) is 1. The molecular formula is C24H24F7NO3. The zero-order valence-corrected chi connectivity index (χ0v) is 18.5. The first-order valence-electron chi connectivity index (χ1n) is 10.9. The molecule has 2 heterocycles. The Morgan fingerprint density at radius 3 is 2.03 bits per heavy atom.